The average Bonchev–Trinajstić information content (AvgIpc) is 3.34. The summed E-state index contributed by atoms with van der Waals surface area (Å²) in [6.07, 6.45) is 4.18. The van der Waals surface area contributed by atoms with Crippen molar-refractivity contribution in [3.63, 3.8) is 0 Å². The minimum atomic E-state index is -5.08. The normalized spacial score (nSPS) is 16.0. The Kier molecular flexibility index (Phi) is 5.80. The number of hydrogen-bond acceptors (Lipinski definition) is 6. The molecule has 12 heteroatoms. The fourth-order valence-electron chi connectivity index (χ4n) is 2.96. The third kappa shape index (κ3) is 4.70. The fraction of sp³-hybridized carbons (Fsp3) is 0.353. The lowest BCUT2D eigenvalue weighted by atomic mass is 10.2. The second-order valence-corrected chi connectivity index (χ2v) is 6.18. The summed E-state index contributed by atoms with van der Waals surface area (Å²) in [5.74, 6) is -0.939. The van der Waals surface area contributed by atoms with Crippen LogP contribution in [0, 0.1) is 0 Å². The zero-order chi connectivity index (χ0) is 21.0. The molecule has 0 saturated carbocycles. The van der Waals surface area contributed by atoms with Crippen molar-refractivity contribution >= 4 is 11.9 Å². The third-order valence-electron chi connectivity index (χ3n) is 4.31. The van der Waals surface area contributed by atoms with Crippen LogP contribution in [0.5, 0.6) is 0 Å². The van der Waals surface area contributed by atoms with Crippen molar-refractivity contribution in [2.45, 2.75) is 32.2 Å². The number of rotatable bonds is 3. The number of aliphatic carboxylic acids is 1. The minimum absolute atomic E-state index is 0.155. The van der Waals surface area contributed by atoms with Gasteiger partial charge in [-0.2, -0.15) is 18.3 Å². The molecule has 0 fully saturated rings. The number of alkyl halides is 3. The van der Waals surface area contributed by atoms with Crippen LogP contribution in [-0.4, -0.2) is 53.1 Å². The van der Waals surface area contributed by atoms with Crippen molar-refractivity contribution in [3.8, 4) is 0 Å². The van der Waals surface area contributed by atoms with Gasteiger partial charge in [-0.25, -0.2) is 19.7 Å². The van der Waals surface area contributed by atoms with E-state index in [9.17, 15) is 13.2 Å². The van der Waals surface area contributed by atoms with Crippen LogP contribution < -0.4 is 4.90 Å². The van der Waals surface area contributed by atoms with Gasteiger partial charge in [0.15, 0.2) is 0 Å². The van der Waals surface area contributed by atoms with E-state index in [1.165, 1.54) is 5.69 Å². The first kappa shape index (κ1) is 20.3. The Morgan fingerprint density at radius 1 is 1.17 bits per heavy atom. The molecule has 0 aliphatic carbocycles. The van der Waals surface area contributed by atoms with Crippen LogP contribution in [0.4, 0.5) is 19.1 Å². The van der Waals surface area contributed by atoms with Gasteiger partial charge in [0.05, 0.1) is 24.5 Å². The molecule has 0 aromatic carbocycles. The van der Waals surface area contributed by atoms with E-state index >= 15 is 0 Å². The molecule has 1 aliphatic rings. The number of carboxylic acids is 1. The van der Waals surface area contributed by atoms with Crippen LogP contribution in [0.25, 0.3) is 0 Å². The van der Waals surface area contributed by atoms with Crippen molar-refractivity contribution < 1.29 is 23.1 Å². The van der Waals surface area contributed by atoms with Crippen molar-refractivity contribution in [3.05, 3.63) is 54.6 Å². The van der Waals surface area contributed by atoms with E-state index in [4.69, 9.17) is 9.90 Å². The molecular formula is C17H18F3N7O2. The van der Waals surface area contributed by atoms with Crippen molar-refractivity contribution in [2.75, 3.05) is 11.4 Å². The van der Waals surface area contributed by atoms with Gasteiger partial charge in [0.2, 0.25) is 5.95 Å². The zero-order valence-corrected chi connectivity index (χ0v) is 15.4. The number of carboxylic acid groups (broad SMARTS) is 1. The smallest absolute Gasteiger partial charge is 0.475 e. The van der Waals surface area contributed by atoms with E-state index in [0.29, 0.717) is 0 Å². The number of halogens is 3. The molecule has 0 bridgehead atoms. The molecule has 0 spiro atoms. The molecule has 1 atom stereocenters. The first-order valence-corrected chi connectivity index (χ1v) is 8.63. The maximum Gasteiger partial charge on any atom is 0.490 e. The second kappa shape index (κ2) is 8.29. The number of aromatic nitrogens is 6. The van der Waals surface area contributed by atoms with Gasteiger partial charge in [0.1, 0.15) is 5.82 Å². The topological polar surface area (TPSA) is 102 Å². The SMILES string of the molecule is CC1c2ncc(Cn3cccn3)n2CCN1c1ncccn1.O=C(O)C(F)(F)F. The van der Waals surface area contributed by atoms with E-state index in [1.807, 2.05) is 29.2 Å². The quantitative estimate of drug-likeness (QED) is 0.707. The molecule has 3 aromatic rings. The molecule has 0 saturated heterocycles. The van der Waals surface area contributed by atoms with E-state index in [0.717, 1.165) is 31.4 Å². The predicted molar refractivity (Wildman–Crippen MR) is 95.0 cm³/mol. The minimum Gasteiger partial charge on any atom is -0.475 e. The Balaban J connectivity index is 0.000000298. The largest absolute Gasteiger partial charge is 0.490 e. The predicted octanol–water partition coefficient (Wildman–Crippen LogP) is 2.13. The van der Waals surface area contributed by atoms with Gasteiger partial charge in [-0.05, 0) is 19.1 Å². The highest BCUT2D eigenvalue weighted by Crippen LogP contribution is 2.28. The van der Waals surface area contributed by atoms with Crippen molar-refractivity contribution in [1.29, 1.82) is 0 Å². The van der Waals surface area contributed by atoms with Gasteiger partial charge in [-0.3, -0.25) is 4.68 Å². The van der Waals surface area contributed by atoms with Crippen LogP contribution in [0.15, 0.2) is 43.1 Å². The molecule has 29 heavy (non-hydrogen) atoms. The van der Waals surface area contributed by atoms with Crippen LogP contribution in [0.1, 0.15) is 24.5 Å². The number of imidazole rings is 1. The van der Waals surface area contributed by atoms with Gasteiger partial charge >= 0.3 is 12.1 Å². The number of fused-ring (bicyclic) bond motifs is 1. The van der Waals surface area contributed by atoms with Gasteiger partial charge in [0.25, 0.3) is 0 Å². The summed E-state index contributed by atoms with van der Waals surface area (Å²) in [7, 11) is 0. The monoisotopic (exact) mass is 409 g/mol. The van der Waals surface area contributed by atoms with E-state index in [1.54, 1.807) is 18.6 Å². The van der Waals surface area contributed by atoms with Crippen molar-refractivity contribution in [2.24, 2.45) is 0 Å². The summed E-state index contributed by atoms with van der Waals surface area (Å²) in [4.78, 5) is 24.4. The highest BCUT2D eigenvalue weighted by molar-refractivity contribution is 5.73. The lowest BCUT2D eigenvalue weighted by Crippen LogP contribution is -2.38. The summed E-state index contributed by atoms with van der Waals surface area (Å²) in [5, 5.41) is 11.4. The summed E-state index contributed by atoms with van der Waals surface area (Å²) in [5.41, 5.74) is 1.18. The third-order valence-corrected chi connectivity index (χ3v) is 4.31. The molecule has 0 amide bonds. The van der Waals surface area contributed by atoms with Crippen LogP contribution >= 0.6 is 0 Å². The zero-order valence-electron chi connectivity index (χ0n) is 15.4. The van der Waals surface area contributed by atoms with E-state index < -0.39 is 12.1 Å². The molecule has 1 unspecified atom stereocenters. The summed E-state index contributed by atoms with van der Waals surface area (Å²) >= 11 is 0. The Bertz CT molecular complexity index is 942. The maximum atomic E-state index is 10.6. The standard InChI is InChI=1S/C15H17N7.C2HF3O2/c1-12-14-18-10-13(11-20-7-3-6-19-20)22(14)9-8-21(12)15-16-4-2-5-17-15;3-2(4,5)1(6)7/h2-7,10,12H,8-9,11H2,1H3;(H,6,7). The van der Waals surface area contributed by atoms with E-state index in [2.05, 4.69) is 36.4 Å². The van der Waals surface area contributed by atoms with E-state index in [-0.39, 0.29) is 6.04 Å². The molecule has 154 valence electrons. The van der Waals surface area contributed by atoms with Gasteiger partial charge in [0, 0.05) is 37.9 Å². The Hall–Kier alpha value is -3.44. The second-order valence-electron chi connectivity index (χ2n) is 6.18. The van der Waals surface area contributed by atoms with Gasteiger partial charge in [-0.15, -0.1) is 0 Å². The molecular weight excluding hydrogens is 391 g/mol. The molecule has 1 N–H and O–H groups in total. The highest BCUT2D eigenvalue weighted by atomic mass is 19.4. The molecule has 0 radical (unpaired) electrons. The summed E-state index contributed by atoms with van der Waals surface area (Å²) in [6.45, 7) is 4.65. The van der Waals surface area contributed by atoms with Gasteiger partial charge < -0.3 is 14.6 Å². The maximum absolute atomic E-state index is 10.6. The lowest BCUT2D eigenvalue weighted by molar-refractivity contribution is -0.192. The highest BCUT2D eigenvalue weighted by Gasteiger charge is 2.38. The average molecular weight is 409 g/mol. The molecule has 4 rings (SSSR count). The Morgan fingerprint density at radius 2 is 1.86 bits per heavy atom. The summed E-state index contributed by atoms with van der Waals surface area (Å²) < 4.78 is 35.9. The molecule has 1 aliphatic heterocycles. The van der Waals surface area contributed by atoms with Gasteiger partial charge in [-0.1, -0.05) is 0 Å². The van der Waals surface area contributed by atoms with Crippen LogP contribution in [0.2, 0.25) is 0 Å². The number of anilines is 1. The molecule has 4 heterocycles. The first-order valence-electron chi connectivity index (χ1n) is 8.63. The molecule has 3 aromatic heterocycles. The first-order chi connectivity index (χ1) is 13.8. The summed E-state index contributed by atoms with van der Waals surface area (Å²) in [6, 6.07) is 3.92. The number of nitrogens with zero attached hydrogens (tertiary/aromatic N) is 7. The fourth-order valence-corrected chi connectivity index (χ4v) is 2.96. The number of carbonyl (C=O) groups is 1. The Morgan fingerprint density at radius 3 is 2.45 bits per heavy atom. The Labute approximate surface area is 163 Å². The van der Waals surface area contributed by atoms with Crippen LogP contribution in [0.3, 0.4) is 0 Å². The van der Waals surface area contributed by atoms with Crippen LogP contribution in [-0.2, 0) is 17.9 Å². The molecule has 9 nitrogen and oxygen atoms in total. The van der Waals surface area contributed by atoms with Crippen molar-refractivity contribution in [1.82, 2.24) is 29.3 Å². The lowest BCUT2D eigenvalue weighted by Gasteiger charge is -2.34. The number of hydrogen-bond donors (Lipinski definition) is 1.